The van der Waals surface area contributed by atoms with Gasteiger partial charge in [0.15, 0.2) is 0 Å². The second-order valence-corrected chi connectivity index (χ2v) is 10.0. The second kappa shape index (κ2) is 9.05. The number of rotatable bonds is 6. The summed E-state index contributed by atoms with van der Waals surface area (Å²) >= 11 is 0. The third-order valence-electron chi connectivity index (χ3n) is 5.43. The topological polar surface area (TPSA) is 82.5 Å². The van der Waals surface area contributed by atoms with Gasteiger partial charge in [0.2, 0.25) is 10.0 Å². The highest BCUT2D eigenvalue weighted by molar-refractivity contribution is 7.89. The van der Waals surface area contributed by atoms with Crippen LogP contribution < -0.4 is 9.46 Å². The average Bonchev–Trinajstić information content (AvgIpc) is 2.99. The van der Waals surface area contributed by atoms with Crippen LogP contribution in [0.3, 0.4) is 0 Å². The summed E-state index contributed by atoms with van der Waals surface area (Å²) in [7, 11) is -1.89. The average molecular weight is 456 g/mol. The molecule has 0 bridgehead atoms. The van der Waals surface area contributed by atoms with E-state index in [0.29, 0.717) is 13.2 Å². The molecule has 32 heavy (non-hydrogen) atoms. The zero-order chi connectivity index (χ0) is 22.9. The summed E-state index contributed by atoms with van der Waals surface area (Å²) in [6.45, 7) is 6.99. The number of benzene rings is 2. The Morgan fingerprint density at radius 2 is 1.75 bits per heavy atom. The Hall–Kier alpha value is -2.68. The first-order chi connectivity index (χ1) is 15.3. The van der Waals surface area contributed by atoms with Crippen molar-refractivity contribution in [2.24, 2.45) is 0 Å². The minimum Gasteiger partial charge on any atom is -0.497 e. The van der Waals surface area contributed by atoms with Crippen molar-refractivity contribution >= 4 is 10.0 Å². The van der Waals surface area contributed by atoms with Crippen molar-refractivity contribution in [3.8, 4) is 28.4 Å². The Balaban J connectivity index is 1.77. The van der Waals surface area contributed by atoms with Crippen LogP contribution in [0.5, 0.6) is 5.75 Å². The quantitative estimate of drug-likeness (QED) is 0.610. The lowest BCUT2D eigenvalue weighted by Gasteiger charge is -2.13. The fourth-order valence-electron chi connectivity index (χ4n) is 3.97. The summed E-state index contributed by atoms with van der Waals surface area (Å²) in [6, 6.07) is 14.6. The van der Waals surface area contributed by atoms with E-state index in [1.165, 1.54) is 0 Å². The highest BCUT2D eigenvalue weighted by Gasteiger charge is 2.24. The molecule has 8 heteroatoms. The third kappa shape index (κ3) is 4.57. The predicted molar refractivity (Wildman–Crippen MR) is 124 cm³/mol. The van der Waals surface area contributed by atoms with Crippen molar-refractivity contribution < 1.29 is 17.9 Å². The summed E-state index contributed by atoms with van der Waals surface area (Å²) in [5, 5.41) is 0. The molecule has 0 spiro atoms. The molecule has 7 nitrogen and oxygen atoms in total. The predicted octanol–water partition coefficient (Wildman–Crippen LogP) is 3.87. The van der Waals surface area contributed by atoms with Gasteiger partial charge in [-0.1, -0.05) is 12.1 Å². The van der Waals surface area contributed by atoms with Crippen LogP contribution >= 0.6 is 0 Å². The molecule has 170 valence electrons. The number of nitrogens with one attached hydrogen (secondary N) is 1. The molecule has 1 aliphatic rings. The lowest BCUT2D eigenvalue weighted by Crippen LogP contribution is -2.30. The Bertz CT molecular complexity index is 1180. The molecular formula is C24H29N3O4S. The Morgan fingerprint density at radius 1 is 1.09 bits per heavy atom. The van der Waals surface area contributed by atoms with Crippen LogP contribution in [0.2, 0.25) is 0 Å². The van der Waals surface area contributed by atoms with Crippen LogP contribution in [0, 0.1) is 0 Å². The molecule has 3 aromatic rings. The van der Waals surface area contributed by atoms with Crippen molar-refractivity contribution in [3.63, 3.8) is 0 Å². The summed E-state index contributed by atoms with van der Waals surface area (Å²) in [5.41, 5.74) is 3.82. The van der Waals surface area contributed by atoms with Gasteiger partial charge in [0.1, 0.15) is 11.6 Å². The first-order valence-electron chi connectivity index (χ1n) is 10.8. The van der Waals surface area contributed by atoms with Gasteiger partial charge in [0, 0.05) is 29.3 Å². The second-order valence-electron chi connectivity index (χ2n) is 8.30. The number of sulfonamides is 1. The van der Waals surface area contributed by atoms with Gasteiger partial charge in [0.05, 0.1) is 37.0 Å². The number of hydrogen-bond acceptors (Lipinski definition) is 5. The van der Waals surface area contributed by atoms with Gasteiger partial charge in [-0.3, -0.25) is 0 Å². The van der Waals surface area contributed by atoms with Gasteiger partial charge in [0.25, 0.3) is 0 Å². The molecule has 0 saturated heterocycles. The maximum absolute atomic E-state index is 12.5. The highest BCUT2D eigenvalue weighted by Crippen LogP contribution is 2.33. The lowest BCUT2D eigenvalue weighted by molar-refractivity contribution is 0.0666. The number of nitrogens with zero attached hydrogens (tertiary/aromatic N) is 2. The number of ether oxygens (including phenoxy) is 2. The van der Waals surface area contributed by atoms with E-state index in [0.717, 1.165) is 40.5 Å². The standard InChI is InChI=1S/C24H29N3O4S/c1-16(2)26-32(28,29)21-11-7-18(8-12-21)23-22-13-14-31-17(3)15-27(22)24(25-23)19-5-9-20(30-4)10-6-19/h5-12,16-17,26H,13-15H2,1-4H3. The molecule has 2 aromatic carbocycles. The molecule has 4 rings (SSSR count). The Morgan fingerprint density at radius 3 is 2.38 bits per heavy atom. The normalized spacial score (nSPS) is 16.6. The molecular weight excluding hydrogens is 426 g/mol. The summed E-state index contributed by atoms with van der Waals surface area (Å²) in [6.07, 6.45) is 0.808. The number of hydrogen-bond donors (Lipinski definition) is 1. The molecule has 0 aliphatic carbocycles. The van der Waals surface area contributed by atoms with Crippen molar-refractivity contribution in [1.82, 2.24) is 14.3 Å². The van der Waals surface area contributed by atoms with E-state index in [1.54, 1.807) is 33.1 Å². The Kier molecular flexibility index (Phi) is 6.37. The van der Waals surface area contributed by atoms with E-state index >= 15 is 0 Å². The van der Waals surface area contributed by atoms with Crippen molar-refractivity contribution in [2.45, 2.75) is 50.8 Å². The van der Waals surface area contributed by atoms with Gasteiger partial charge >= 0.3 is 0 Å². The molecule has 1 aliphatic heterocycles. The highest BCUT2D eigenvalue weighted by atomic mass is 32.2. The summed E-state index contributed by atoms with van der Waals surface area (Å²) in [4.78, 5) is 5.25. The van der Waals surface area contributed by atoms with Crippen molar-refractivity contribution in [3.05, 3.63) is 54.2 Å². The molecule has 0 amide bonds. The SMILES string of the molecule is COc1ccc(-c2nc(-c3ccc(S(=O)(=O)NC(C)C)cc3)c3n2CC(C)OCC3)cc1. The van der Waals surface area contributed by atoms with E-state index in [9.17, 15) is 8.42 Å². The van der Waals surface area contributed by atoms with E-state index in [1.807, 2.05) is 36.4 Å². The van der Waals surface area contributed by atoms with E-state index in [2.05, 4.69) is 16.2 Å². The fraction of sp³-hybridized carbons (Fsp3) is 0.375. The lowest BCUT2D eigenvalue weighted by atomic mass is 10.1. The Labute approximate surface area is 189 Å². The van der Waals surface area contributed by atoms with Crippen molar-refractivity contribution in [1.29, 1.82) is 0 Å². The summed E-state index contributed by atoms with van der Waals surface area (Å²) in [5.74, 6) is 1.66. The van der Waals surface area contributed by atoms with Crippen LogP contribution in [0.25, 0.3) is 22.6 Å². The van der Waals surface area contributed by atoms with Crippen LogP contribution in [0.15, 0.2) is 53.4 Å². The van der Waals surface area contributed by atoms with Gasteiger partial charge < -0.3 is 14.0 Å². The fourth-order valence-corrected chi connectivity index (χ4v) is 5.22. The third-order valence-corrected chi connectivity index (χ3v) is 7.11. The molecule has 1 aromatic heterocycles. The zero-order valence-electron chi connectivity index (χ0n) is 18.8. The van der Waals surface area contributed by atoms with Crippen LogP contribution in [0.4, 0.5) is 0 Å². The minimum absolute atomic E-state index is 0.0740. The van der Waals surface area contributed by atoms with E-state index in [4.69, 9.17) is 14.5 Å². The van der Waals surface area contributed by atoms with Gasteiger partial charge in [-0.25, -0.2) is 18.1 Å². The van der Waals surface area contributed by atoms with Crippen molar-refractivity contribution in [2.75, 3.05) is 13.7 Å². The van der Waals surface area contributed by atoms with Gasteiger partial charge in [-0.15, -0.1) is 0 Å². The van der Waals surface area contributed by atoms with Crippen LogP contribution in [0.1, 0.15) is 26.5 Å². The zero-order valence-corrected chi connectivity index (χ0v) is 19.6. The maximum atomic E-state index is 12.5. The first-order valence-corrected chi connectivity index (χ1v) is 12.2. The van der Waals surface area contributed by atoms with Gasteiger partial charge in [-0.2, -0.15) is 0 Å². The van der Waals surface area contributed by atoms with Crippen LogP contribution in [-0.4, -0.2) is 43.8 Å². The smallest absolute Gasteiger partial charge is 0.240 e. The number of imidazole rings is 1. The monoisotopic (exact) mass is 455 g/mol. The molecule has 1 unspecified atom stereocenters. The molecule has 0 radical (unpaired) electrons. The molecule has 1 atom stereocenters. The number of fused-ring (bicyclic) bond motifs is 1. The van der Waals surface area contributed by atoms with E-state index in [-0.39, 0.29) is 17.0 Å². The molecule has 0 saturated carbocycles. The van der Waals surface area contributed by atoms with Gasteiger partial charge in [-0.05, 0) is 57.2 Å². The molecule has 0 fully saturated rings. The van der Waals surface area contributed by atoms with E-state index < -0.39 is 10.0 Å². The maximum Gasteiger partial charge on any atom is 0.240 e. The summed E-state index contributed by atoms with van der Waals surface area (Å²) < 4.78 is 41.0. The largest absolute Gasteiger partial charge is 0.497 e. The number of methoxy groups -OCH3 is 1. The molecule has 2 heterocycles. The minimum atomic E-state index is -3.54. The number of aromatic nitrogens is 2. The first kappa shape index (κ1) is 22.5. The molecule has 1 N–H and O–H groups in total. The van der Waals surface area contributed by atoms with Crippen LogP contribution in [-0.2, 0) is 27.7 Å².